The molecule has 18 heavy (non-hydrogen) atoms. The van der Waals surface area contributed by atoms with E-state index in [9.17, 15) is 13.6 Å². The molecule has 1 aromatic carbocycles. The lowest BCUT2D eigenvalue weighted by Gasteiger charge is -2.02. The fourth-order valence-corrected chi connectivity index (χ4v) is 2.29. The Kier molecular flexibility index (Phi) is 3.66. The first-order valence-corrected chi connectivity index (χ1v) is 5.94. The number of aromatic carboxylic acids is 1. The predicted molar refractivity (Wildman–Crippen MR) is 61.6 cm³/mol. The summed E-state index contributed by atoms with van der Waals surface area (Å²) in [5.41, 5.74) is 0.0271. The van der Waals surface area contributed by atoms with E-state index in [-0.39, 0.29) is 22.0 Å². The van der Waals surface area contributed by atoms with Gasteiger partial charge in [-0.15, -0.1) is 11.8 Å². The van der Waals surface area contributed by atoms with Crippen molar-refractivity contribution in [2.75, 3.05) is 0 Å². The van der Waals surface area contributed by atoms with E-state index in [2.05, 4.69) is 0 Å². The Labute approximate surface area is 105 Å². The number of thioether (sulfide) groups is 1. The largest absolute Gasteiger partial charge is 0.478 e. The molecule has 0 spiro atoms. The Morgan fingerprint density at radius 3 is 2.83 bits per heavy atom. The van der Waals surface area contributed by atoms with Crippen molar-refractivity contribution in [2.45, 2.75) is 10.6 Å². The van der Waals surface area contributed by atoms with E-state index < -0.39 is 17.6 Å². The van der Waals surface area contributed by atoms with Crippen LogP contribution < -0.4 is 0 Å². The Balaban J connectivity index is 2.14. The lowest BCUT2D eigenvalue weighted by molar-refractivity contribution is 0.0695. The zero-order valence-electron chi connectivity index (χ0n) is 9.02. The highest BCUT2D eigenvalue weighted by molar-refractivity contribution is 7.98. The second-order valence-electron chi connectivity index (χ2n) is 3.43. The molecule has 0 amide bonds. The summed E-state index contributed by atoms with van der Waals surface area (Å²) in [7, 11) is 0. The van der Waals surface area contributed by atoms with Gasteiger partial charge in [-0.3, -0.25) is 0 Å². The summed E-state index contributed by atoms with van der Waals surface area (Å²) >= 11 is 0.978. The first-order chi connectivity index (χ1) is 8.58. The average molecular weight is 270 g/mol. The van der Waals surface area contributed by atoms with Crippen molar-refractivity contribution < 1.29 is 23.1 Å². The molecule has 0 fully saturated rings. The van der Waals surface area contributed by atoms with Gasteiger partial charge in [-0.2, -0.15) is 0 Å². The van der Waals surface area contributed by atoms with Gasteiger partial charge >= 0.3 is 5.97 Å². The van der Waals surface area contributed by atoms with Gasteiger partial charge in [0.2, 0.25) is 0 Å². The number of carbonyl (C=O) groups is 1. The lowest BCUT2D eigenvalue weighted by atomic mass is 10.3. The molecule has 0 unspecified atom stereocenters. The number of halogens is 2. The lowest BCUT2D eigenvalue weighted by Crippen LogP contribution is -1.97. The molecular weight excluding hydrogens is 262 g/mol. The second-order valence-corrected chi connectivity index (χ2v) is 4.44. The maximum atomic E-state index is 13.3. The van der Waals surface area contributed by atoms with Gasteiger partial charge in [0.25, 0.3) is 0 Å². The molecule has 0 aliphatic heterocycles. The van der Waals surface area contributed by atoms with Crippen molar-refractivity contribution in [2.24, 2.45) is 0 Å². The Bertz CT molecular complexity index is 580. The fraction of sp³-hybridized carbons (Fsp3) is 0.0833. The van der Waals surface area contributed by atoms with Crippen molar-refractivity contribution in [3.8, 4) is 0 Å². The normalized spacial score (nSPS) is 10.6. The van der Waals surface area contributed by atoms with E-state index in [0.717, 1.165) is 30.0 Å². The summed E-state index contributed by atoms with van der Waals surface area (Å²) in [6.07, 6.45) is 1.25. The maximum Gasteiger partial charge on any atom is 0.339 e. The smallest absolute Gasteiger partial charge is 0.339 e. The van der Waals surface area contributed by atoms with E-state index in [1.54, 1.807) is 0 Å². The van der Waals surface area contributed by atoms with E-state index in [0.29, 0.717) is 0 Å². The topological polar surface area (TPSA) is 50.4 Å². The van der Waals surface area contributed by atoms with Gasteiger partial charge in [0, 0.05) is 4.90 Å². The van der Waals surface area contributed by atoms with Crippen LogP contribution in [0.1, 0.15) is 16.1 Å². The van der Waals surface area contributed by atoms with Gasteiger partial charge in [0.15, 0.2) is 0 Å². The quantitative estimate of drug-likeness (QED) is 0.863. The molecule has 1 heterocycles. The van der Waals surface area contributed by atoms with Crippen LogP contribution in [-0.2, 0) is 5.75 Å². The molecule has 3 nitrogen and oxygen atoms in total. The molecule has 0 aliphatic rings. The van der Waals surface area contributed by atoms with Gasteiger partial charge in [0.05, 0.1) is 12.0 Å². The van der Waals surface area contributed by atoms with Crippen LogP contribution in [0.3, 0.4) is 0 Å². The zero-order chi connectivity index (χ0) is 13.1. The molecule has 0 aliphatic carbocycles. The molecule has 94 valence electrons. The van der Waals surface area contributed by atoms with E-state index in [1.807, 2.05) is 0 Å². The number of furan rings is 1. The standard InChI is InChI=1S/C12H8F2O3S/c13-7-1-2-9(14)11(5-7)18-6-10-8(12(15)16)3-4-17-10/h1-5H,6H2,(H,15,16). The fourth-order valence-electron chi connectivity index (χ4n) is 1.37. The Morgan fingerprint density at radius 2 is 2.11 bits per heavy atom. The maximum absolute atomic E-state index is 13.3. The minimum atomic E-state index is -1.11. The highest BCUT2D eigenvalue weighted by Gasteiger charge is 2.14. The Morgan fingerprint density at radius 1 is 1.33 bits per heavy atom. The van der Waals surface area contributed by atoms with E-state index in [1.165, 1.54) is 12.3 Å². The van der Waals surface area contributed by atoms with Crippen LogP contribution in [0, 0.1) is 11.6 Å². The number of hydrogen-bond donors (Lipinski definition) is 1. The molecule has 0 bridgehead atoms. The summed E-state index contributed by atoms with van der Waals surface area (Å²) in [4.78, 5) is 10.9. The van der Waals surface area contributed by atoms with Crippen LogP contribution in [0.15, 0.2) is 39.8 Å². The number of carboxylic acid groups (broad SMARTS) is 1. The van der Waals surface area contributed by atoms with Crippen LogP contribution in [0.25, 0.3) is 0 Å². The van der Waals surface area contributed by atoms with Gasteiger partial charge in [-0.1, -0.05) is 0 Å². The molecule has 1 aromatic heterocycles. The van der Waals surface area contributed by atoms with Gasteiger partial charge in [0.1, 0.15) is 23.0 Å². The highest BCUT2D eigenvalue weighted by Crippen LogP contribution is 2.27. The Hall–Kier alpha value is -1.82. The summed E-state index contributed by atoms with van der Waals surface area (Å²) < 4.78 is 31.2. The second kappa shape index (κ2) is 5.22. The molecule has 0 saturated carbocycles. The molecule has 2 rings (SSSR count). The molecule has 1 N–H and O–H groups in total. The number of rotatable bonds is 4. The van der Waals surface area contributed by atoms with Crippen molar-refractivity contribution in [3.63, 3.8) is 0 Å². The number of carboxylic acids is 1. The van der Waals surface area contributed by atoms with E-state index in [4.69, 9.17) is 9.52 Å². The van der Waals surface area contributed by atoms with Crippen molar-refractivity contribution >= 4 is 17.7 Å². The SMILES string of the molecule is O=C(O)c1ccoc1CSc1cc(F)ccc1F. The first kappa shape index (κ1) is 12.6. The van der Waals surface area contributed by atoms with Gasteiger partial charge < -0.3 is 9.52 Å². The van der Waals surface area contributed by atoms with Crippen molar-refractivity contribution in [1.82, 2.24) is 0 Å². The zero-order valence-corrected chi connectivity index (χ0v) is 9.84. The minimum absolute atomic E-state index is 0.0271. The number of benzene rings is 1. The van der Waals surface area contributed by atoms with Crippen molar-refractivity contribution in [1.29, 1.82) is 0 Å². The molecule has 0 radical (unpaired) electrons. The monoisotopic (exact) mass is 270 g/mol. The third-order valence-corrected chi connectivity index (χ3v) is 3.26. The molecule has 0 atom stereocenters. The van der Waals surface area contributed by atoms with Gasteiger partial charge in [-0.05, 0) is 24.3 Å². The highest BCUT2D eigenvalue weighted by atomic mass is 32.2. The summed E-state index contributed by atoms with van der Waals surface area (Å²) in [5, 5.41) is 8.85. The van der Waals surface area contributed by atoms with Gasteiger partial charge in [-0.25, -0.2) is 13.6 Å². The van der Waals surface area contributed by atoms with E-state index >= 15 is 0 Å². The van der Waals surface area contributed by atoms with Crippen LogP contribution in [0.2, 0.25) is 0 Å². The van der Waals surface area contributed by atoms with Crippen LogP contribution in [0.5, 0.6) is 0 Å². The summed E-state index contributed by atoms with van der Waals surface area (Å²) in [6.45, 7) is 0. The molecule has 2 aromatic rings. The first-order valence-electron chi connectivity index (χ1n) is 4.95. The summed E-state index contributed by atoms with van der Waals surface area (Å²) in [6, 6.07) is 4.43. The minimum Gasteiger partial charge on any atom is -0.478 e. The number of hydrogen-bond acceptors (Lipinski definition) is 3. The summed E-state index contributed by atoms with van der Waals surface area (Å²) in [5.74, 6) is -1.87. The van der Waals surface area contributed by atoms with Crippen LogP contribution >= 0.6 is 11.8 Å². The van der Waals surface area contributed by atoms with Crippen molar-refractivity contribution in [3.05, 3.63) is 53.5 Å². The third kappa shape index (κ3) is 2.70. The van der Waals surface area contributed by atoms with Crippen LogP contribution in [-0.4, -0.2) is 11.1 Å². The van der Waals surface area contributed by atoms with Crippen LogP contribution in [0.4, 0.5) is 8.78 Å². The molecule has 6 heteroatoms. The third-order valence-electron chi connectivity index (χ3n) is 2.23. The predicted octanol–water partition coefficient (Wildman–Crippen LogP) is 3.55. The average Bonchev–Trinajstić information content (AvgIpc) is 2.79. The molecular formula is C12H8F2O3S. The molecule has 0 saturated heterocycles.